The van der Waals surface area contributed by atoms with Gasteiger partial charge in [-0.25, -0.2) is 0 Å². The number of rotatable bonds is 5. The minimum Gasteiger partial charge on any atom is -0.382 e. The van der Waals surface area contributed by atoms with E-state index >= 15 is 0 Å². The Balaban J connectivity index is 2.62. The SMILES string of the molecule is CS(=O)(=O)OCC(O)C(=O)c1ccccc1. The number of aliphatic hydroxyl groups excluding tert-OH is 1. The van der Waals surface area contributed by atoms with Crippen molar-refractivity contribution in [2.45, 2.75) is 6.10 Å². The van der Waals surface area contributed by atoms with Gasteiger partial charge in [0.25, 0.3) is 10.1 Å². The van der Waals surface area contributed by atoms with E-state index in [-0.39, 0.29) is 0 Å². The minimum absolute atomic E-state index is 0.312. The van der Waals surface area contributed by atoms with E-state index in [1.54, 1.807) is 18.2 Å². The van der Waals surface area contributed by atoms with Crippen LogP contribution in [0.5, 0.6) is 0 Å². The van der Waals surface area contributed by atoms with Crippen molar-refractivity contribution in [3.63, 3.8) is 0 Å². The van der Waals surface area contributed by atoms with E-state index in [9.17, 15) is 18.3 Å². The standard InChI is InChI=1S/C10H12O5S/c1-16(13,14)15-7-9(11)10(12)8-5-3-2-4-6-8/h2-6,9,11H,7H2,1H3. The monoisotopic (exact) mass is 244 g/mol. The fraction of sp³-hybridized carbons (Fsp3) is 0.300. The molecule has 0 bridgehead atoms. The molecular weight excluding hydrogens is 232 g/mol. The average molecular weight is 244 g/mol. The maximum Gasteiger partial charge on any atom is 0.264 e. The molecule has 1 N–H and O–H groups in total. The molecule has 1 atom stereocenters. The van der Waals surface area contributed by atoms with Crippen molar-refractivity contribution in [2.24, 2.45) is 0 Å². The number of Topliss-reactive ketones (excluding diaryl/α,β-unsaturated/α-hetero) is 1. The van der Waals surface area contributed by atoms with Gasteiger partial charge >= 0.3 is 0 Å². The number of benzene rings is 1. The van der Waals surface area contributed by atoms with Crippen LogP contribution in [0, 0.1) is 0 Å². The van der Waals surface area contributed by atoms with Crippen LogP contribution in [0.15, 0.2) is 30.3 Å². The Morgan fingerprint density at radius 2 is 1.94 bits per heavy atom. The molecule has 0 fully saturated rings. The molecule has 0 spiro atoms. The number of hydrogen-bond acceptors (Lipinski definition) is 5. The van der Waals surface area contributed by atoms with Crippen LogP contribution in [0.4, 0.5) is 0 Å². The van der Waals surface area contributed by atoms with Crippen LogP contribution >= 0.6 is 0 Å². The van der Waals surface area contributed by atoms with E-state index in [4.69, 9.17) is 0 Å². The summed E-state index contributed by atoms with van der Waals surface area (Å²) < 4.78 is 25.6. The minimum atomic E-state index is -3.65. The highest BCUT2D eigenvalue weighted by Gasteiger charge is 2.18. The van der Waals surface area contributed by atoms with Gasteiger partial charge in [0.2, 0.25) is 0 Å². The number of carbonyl (C=O) groups excluding carboxylic acids is 1. The third-order valence-electron chi connectivity index (χ3n) is 1.80. The van der Waals surface area contributed by atoms with Crippen molar-refractivity contribution in [3.8, 4) is 0 Å². The molecule has 1 aromatic rings. The Bertz CT molecular complexity index is 451. The zero-order valence-corrected chi connectivity index (χ0v) is 9.48. The Labute approximate surface area is 93.8 Å². The first kappa shape index (κ1) is 12.8. The topological polar surface area (TPSA) is 80.7 Å². The van der Waals surface area contributed by atoms with Gasteiger partial charge in [-0.15, -0.1) is 0 Å². The predicted molar refractivity (Wildman–Crippen MR) is 57.6 cm³/mol. The molecule has 0 saturated carbocycles. The molecule has 0 radical (unpaired) electrons. The number of ketones is 1. The maximum atomic E-state index is 11.5. The van der Waals surface area contributed by atoms with Gasteiger partial charge < -0.3 is 5.11 Å². The molecule has 0 aliphatic heterocycles. The molecule has 0 amide bonds. The molecular formula is C10H12O5S. The van der Waals surface area contributed by atoms with Gasteiger partial charge in [-0.2, -0.15) is 8.42 Å². The van der Waals surface area contributed by atoms with Gasteiger partial charge in [-0.1, -0.05) is 30.3 Å². The van der Waals surface area contributed by atoms with Crippen LogP contribution in [0.2, 0.25) is 0 Å². The average Bonchev–Trinajstić information content (AvgIpc) is 2.25. The highest BCUT2D eigenvalue weighted by molar-refractivity contribution is 7.85. The fourth-order valence-corrected chi connectivity index (χ4v) is 1.43. The van der Waals surface area contributed by atoms with Crippen molar-refractivity contribution < 1.29 is 22.5 Å². The summed E-state index contributed by atoms with van der Waals surface area (Å²) in [5.74, 6) is -0.566. The van der Waals surface area contributed by atoms with Gasteiger partial charge in [0.05, 0.1) is 12.9 Å². The van der Waals surface area contributed by atoms with Crippen LogP contribution in [-0.4, -0.2) is 38.3 Å². The maximum absolute atomic E-state index is 11.5. The van der Waals surface area contributed by atoms with Gasteiger partial charge in [-0.05, 0) is 0 Å². The third kappa shape index (κ3) is 4.09. The molecule has 0 saturated heterocycles. The Morgan fingerprint density at radius 3 is 2.44 bits per heavy atom. The summed E-state index contributed by atoms with van der Waals surface area (Å²) >= 11 is 0. The number of aliphatic hydroxyl groups is 1. The van der Waals surface area contributed by atoms with Crippen LogP contribution in [0.3, 0.4) is 0 Å². The summed E-state index contributed by atoms with van der Waals surface area (Å²) in [5.41, 5.74) is 0.312. The number of carbonyl (C=O) groups is 1. The molecule has 16 heavy (non-hydrogen) atoms. The molecule has 5 nitrogen and oxygen atoms in total. The second-order valence-corrected chi connectivity index (χ2v) is 4.88. The lowest BCUT2D eigenvalue weighted by molar-refractivity contribution is 0.0634. The molecule has 0 heterocycles. The first-order valence-corrected chi connectivity index (χ1v) is 6.33. The summed E-state index contributed by atoms with van der Waals surface area (Å²) in [5, 5.41) is 9.40. The van der Waals surface area contributed by atoms with Crippen molar-refractivity contribution in [3.05, 3.63) is 35.9 Å². The summed E-state index contributed by atoms with van der Waals surface area (Å²) in [6.07, 6.45) is -0.621. The van der Waals surface area contributed by atoms with Crippen molar-refractivity contribution in [1.29, 1.82) is 0 Å². The van der Waals surface area contributed by atoms with Crippen LogP contribution in [-0.2, 0) is 14.3 Å². The summed E-state index contributed by atoms with van der Waals surface area (Å²) in [7, 11) is -3.65. The Morgan fingerprint density at radius 1 is 1.38 bits per heavy atom. The largest absolute Gasteiger partial charge is 0.382 e. The lowest BCUT2D eigenvalue weighted by Crippen LogP contribution is -2.27. The zero-order valence-electron chi connectivity index (χ0n) is 8.66. The van der Waals surface area contributed by atoms with Crippen LogP contribution in [0.25, 0.3) is 0 Å². The molecule has 6 heteroatoms. The molecule has 0 aliphatic rings. The second-order valence-electron chi connectivity index (χ2n) is 3.23. The molecule has 88 valence electrons. The molecule has 0 aromatic heterocycles. The van der Waals surface area contributed by atoms with Crippen LogP contribution in [0.1, 0.15) is 10.4 Å². The van der Waals surface area contributed by atoms with Gasteiger partial charge in [-0.3, -0.25) is 8.98 Å². The van der Waals surface area contributed by atoms with Gasteiger partial charge in [0, 0.05) is 5.56 Å². The summed E-state index contributed by atoms with van der Waals surface area (Å²) in [6.45, 7) is -0.563. The first-order valence-electron chi connectivity index (χ1n) is 4.52. The van der Waals surface area contributed by atoms with E-state index in [0.717, 1.165) is 6.26 Å². The second kappa shape index (κ2) is 5.20. The lowest BCUT2D eigenvalue weighted by atomic mass is 10.1. The Kier molecular flexibility index (Phi) is 4.17. The normalized spacial score (nSPS) is 13.4. The van der Waals surface area contributed by atoms with Gasteiger partial charge in [0.1, 0.15) is 6.10 Å². The smallest absolute Gasteiger partial charge is 0.264 e. The van der Waals surface area contributed by atoms with E-state index < -0.39 is 28.6 Å². The van der Waals surface area contributed by atoms with Crippen LogP contribution < -0.4 is 0 Å². The first-order chi connectivity index (χ1) is 7.40. The fourth-order valence-electron chi connectivity index (χ4n) is 1.06. The van der Waals surface area contributed by atoms with Crippen molar-refractivity contribution >= 4 is 15.9 Å². The highest BCUT2D eigenvalue weighted by atomic mass is 32.2. The van der Waals surface area contributed by atoms with Gasteiger partial charge in [0.15, 0.2) is 5.78 Å². The van der Waals surface area contributed by atoms with E-state index in [2.05, 4.69) is 4.18 Å². The van der Waals surface area contributed by atoms with E-state index in [1.165, 1.54) is 12.1 Å². The lowest BCUT2D eigenvalue weighted by Gasteiger charge is -2.08. The zero-order chi connectivity index (χ0) is 12.2. The molecule has 1 unspecified atom stereocenters. The van der Waals surface area contributed by atoms with E-state index in [1.807, 2.05) is 0 Å². The molecule has 1 rings (SSSR count). The molecule has 0 aliphatic carbocycles. The quantitative estimate of drug-likeness (QED) is 0.591. The van der Waals surface area contributed by atoms with Crippen molar-refractivity contribution in [1.82, 2.24) is 0 Å². The van der Waals surface area contributed by atoms with E-state index in [0.29, 0.717) is 5.56 Å². The highest BCUT2D eigenvalue weighted by Crippen LogP contribution is 2.04. The number of hydrogen-bond donors (Lipinski definition) is 1. The predicted octanol–water partition coefficient (Wildman–Crippen LogP) is 0.206. The Hall–Kier alpha value is -1.24. The molecule has 1 aromatic carbocycles. The van der Waals surface area contributed by atoms with Crippen molar-refractivity contribution in [2.75, 3.05) is 12.9 Å². The third-order valence-corrected chi connectivity index (χ3v) is 2.37. The summed E-state index contributed by atoms with van der Waals surface area (Å²) in [4.78, 5) is 11.5. The summed E-state index contributed by atoms with van der Waals surface area (Å²) in [6, 6.07) is 8.10.